The first-order valence-corrected chi connectivity index (χ1v) is 14.2. The van der Waals surface area contributed by atoms with E-state index >= 15 is 0 Å². The Morgan fingerprint density at radius 3 is 2.74 bits per heavy atom. The maximum atomic E-state index is 13.4. The first kappa shape index (κ1) is 25.9. The second-order valence-corrected chi connectivity index (χ2v) is 11.6. The minimum Gasteiger partial charge on any atom is -0.394 e. The van der Waals surface area contributed by atoms with E-state index in [1.54, 1.807) is 11.8 Å². The van der Waals surface area contributed by atoms with Gasteiger partial charge in [-0.25, -0.2) is 19.0 Å². The van der Waals surface area contributed by atoms with Gasteiger partial charge in [-0.3, -0.25) is 0 Å². The van der Waals surface area contributed by atoms with Crippen molar-refractivity contribution in [1.82, 2.24) is 25.0 Å². The standard InChI is InChI=1S/C26H33FN6O4S/c1-4-11-38-25-29-23(28-17-12-16(17)14-5-7-15(27)8-6-14)20-24(30-25)33(32-31-20)18-13-19(35-10-9-34)22-21(18)36-26(2,3)37-22/h5-8,16-19,21-22,34H,4,9-13H2,1-3H3,(H,28,29,30)/t16-,17+,18+,19-,21-,22+/m0/s1. The van der Waals surface area contributed by atoms with Gasteiger partial charge in [-0.2, -0.15) is 0 Å². The summed E-state index contributed by atoms with van der Waals surface area (Å²) in [5.41, 5.74) is 2.34. The number of aliphatic hydroxyl groups is 1. The third-order valence-corrected chi connectivity index (χ3v) is 8.32. The zero-order valence-corrected chi connectivity index (χ0v) is 22.5. The van der Waals surface area contributed by atoms with Crippen LogP contribution in [-0.4, -0.2) is 79.2 Å². The number of aliphatic hydroxyl groups excluding tert-OH is 1. The van der Waals surface area contributed by atoms with Crippen LogP contribution in [0.25, 0.3) is 11.2 Å². The molecule has 1 aliphatic heterocycles. The molecule has 12 heteroatoms. The number of ether oxygens (including phenoxy) is 3. The Labute approximate surface area is 224 Å². The molecule has 0 spiro atoms. The van der Waals surface area contributed by atoms with E-state index in [1.807, 2.05) is 30.7 Å². The minimum absolute atomic E-state index is 0.0601. The number of halogens is 1. The Hall–Kier alpha value is -2.38. The molecular weight excluding hydrogens is 511 g/mol. The summed E-state index contributed by atoms with van der Waals surface area (Å²) in [4.78, 5) is 9.66. The molecule has 0 amide bonds. The second-order valence-electron chi connectivity index (χ2n) is 10.6. The fourth-order valence-corrected chi connectivity index (χ4v) is 6.21. The van der Waals surface area contributed by atoms with Gasteiger partial charge in [0.25, 0.3) is 0 Å². The molecule has 6 atom stereocenters. The highest BCUT2D eigenvalue weighted by Gasteiger charge is 2.56. The molecule has 0 unspecified atom stereocenters. The predicted octanol–water partition coefficient (Wildman–Crippen LogP) is 3.67. The molecule has 2 saturated carbocycles. The average molecular weight is 545 g/mol. The van der Waals surface area contributed by atoms with Crippen LogP contribution in [0.4, 0.5) is 10.2 Å². The van der Waals surface area contributed by atoms with Crippen LogP contribution in [0.5, 0.6) is 0 Å². The van der Waals surface area contributed by atoms with Gasteiger partial charge in [0.15, 0.2) is 27.9 Å². The smallest absolute Gasteiger partial charge is 0.191 e. The number of rotatable bonds is 10. The second kappa shape index (κ2) is 10.3. The van der Waals surface area contributed by atoms with Crippen molar-refractivity contribution in [2.24, 2.45) is 0 Å². The molecule has 2 aliphatic carbocycles. The number of thioether (sulfide) groups is 1. The van der Waals surface area contributed by atoms with Crippen LogP contribution < -0.4 is 5.32 Å². The largest absolute Gasteiger partial charge is 0.394 e. The summed E-state index contributed by atoms with van der Waals surface area (Å²) in [6.45, 7) is 6.07. The van der Waals surface area contributed by atoms with Crippen LogP contribution in [0.15, 0.2) is 29.4 Å². The monoisotopic (exact) mass is 544 g/mol. The highest BCUT2D eigenvalue weighted by molar-refractivity contribution is 7.99. The topological polar surface area (TPSA) is 116 Å². The van der Waals surface area contributed by atoms with Gasteiger partial charge in [0.1, 0.15) is 18.0 Å². The van der Waals surface area contributed by atoms with E-state index in [0.29, 0.717) is 28.6 Å². The molecule has 3 fully saturated rings. The summed E-state index contributed by atoms with van der Waals surface area (Å²) in [5.74, 6) is 0.847. The Morgan fingerprint density at radius 2 is 1.97 bits per heavy atom. The number of fused-ring (bicyclic) bond motifs is 2. The number of hydrogen-bond acceptors (Lipinski definition) is 10. The molecule has 0 radical (unpaired) electrons. The van der Waals surface area contributed by atoms with Crippen molar-refractivity contribution < 1.29 is 23.7 Å². The molecule has 3 aliphatic rings. The summed E-state index contributed by atoms with van der Waals surface area (Å²) in [6, 6.07) is 6.66. The van der Waals surface area contributed by atoms with Crippen LogP contribution in [0.2, 0.25) is 0 Å². The van der Waals surface area contributed by atoms with E-state index in [9.17, 15) is 9.50 Å². The lowest BCUT2D eigenvalue weighted by atomic mass is 10.1. The van der Waals surface area contributed by atoms with Crippen molar-refractivity contribution in [2.75, 3.05) is 24.3 Å². The Bertz CT molecular complexity index is 1290. The molecule has 38 heavy (non-hydrogen) atoms. The Balaban J connectivity index is 1.31. The number of benzene rings is 1. The van der Waals surface area contributed by atoms with Crippen LogP contribution in [0.3, 0.4) is 0 Å². The molecule has 2 aromatic heterocycles. The van der Waals surface area contributed by atoms with Crippen molar-refractivity contribution in [2.45, 2.75) is 87.3 Å². The summed E-state index contributed by atoms with van der Waals surface area (Å²) >= 11 is 1.60. The number of nitrogens with one attached hydrogen (secondary N) is 1. The SMILES string of the molecule is CCCSc1nc(N[C@@H]2C[C@H]2c2ccc(F)cc2)c2nnn([C@@H]3C[C@H](OCCO)[C@H]4OC(C)(C)O[C@H]43)c2n1. The van der Waals surface area contributed by atoms with E-state index in [2.05, 4.69) is 22.6 Å². The molecule has 1 aromatic carbocycles. The number of aromatic nitrogens is 5. The third-order valence-electron chi connectivity index (χ3n) is 7.27. The maximum Gasteiger partial charge on any atom is 0.191 e. The van der Waals surface area contributed by atoms with E-state index in [0.717, 1.165) is 24.2 Å². The normalized spacial score (nSPS) is 29.6. The van der Waals surface area contributed by atoms with Crippen molar-refractivity contribution in [3.8, 4) is 0 Å². The molecule has 6 rings (SSSR count). The van der Waals surface area contributed by atoms with Crippen molar-refractivity contribution in [1.29, 1.82) is 0 Å². The van der Waals surface area contributed by atoms with Crippen LogP contribution in [0, 0.1) is 5.82 Å². The average Bonchev–Trinajstić information content (AvgIpc) is 3.22. The molecule has 204 valence electrons. The van der Waals surface area contributed by atoms with E-state index in [-0.39, 0.29) is 55.3 Å². The van der Waals surface area contributed by atoms with E-state index < -0.39 is 5.79 Å². The summed E-state index contributed by atoms with van der Waals surface area (Å²) in [6.07, 6.45) is 1.72. The van der Waals surface area contributed by atoms with Gasteiger partial charge in [-0.15, -0.1) is 5.10 Å². The lowest BCUT2D eigenvalue weighted by Gasteiger charge is -2.23. The maximum absolute atomic E-state index is 13.4. The number of anilines is 1. The molecule has 2 N–H and O–H groups in total. The Kier molecular flexibility index (Phi) is 7.02. The highest BCUT2D eigenvalue weighted by atomic mass is 32.2. The van der Waals surface area contributed by atoms with Crippen molar-refractivity contribution in [3.63, 3.8) is 0 Å². The molecule has 0 bridgehead atoms. The van der Waals surface area contributed by atoms with Crippen molar-refractivity contribution in [3.05, 3.63) is 35.6 Å². The predicted molar refractivity (Wildman–Crippen MR) is 140 cm³/mol. The van der Waals surface area contributed by atoms with Gasteiger partial charge in [-0.1, -0.05) is 36.0 Å². The quantitative estimate of drug-likeness (QED) is 0.289. The van der Waals surface area contributed by atoms with E-state index in [1.165, 1.54) is 12.1 Å². The number of nitrogens with zero attached hydrogens (tertiary/aromatic N) is 5. The van der Waals surface area contributed by atoms with Gasteiger partial charge in [0.2, 0.25) is 0 Å². The van der Waals surface area contributed by atoms with Crippen LogP contribution in [-0.2, 0) is 14.2 Å². The summed E-state index contributed by atoms with van der Waals surface area (Å²) in [7, 11) is 0. The summed E-state index contributed by atoms with van der Waals surface area (Å²) < 4.78 is 33.6. The zero-order chi connectivity index (χ0) is 26.4. The summed E-state index contributed by atoms with van der Waals surface area (Å²) in [5, 5.41) is 22.6. The zero-order valence-electron chi connectivity index (χ0n) is 21.7. The lowest BCUT2D eigenvalue weighted by molar-refractivity contribution is -0.171. The number of hydrogen-bond donors (Lipinski definition) is 2. The molecular formula is C26H33FN6O4S. The van der Waals surface area contributed by atoms with Gasteiger partial charge in [0.05, 0.1) is 25.4 Å². The molecule has 1 saturated heterocycles. The van der Waals surface area contributed by atoms with Crippen LogP contribution >= 0.6 is 11.8 Å². The molecule has 10 nitrogen and oxygen atoms in total. The Morgan fingerprint density at radius 1 is 1.18 bits per heavy atom. The first-order valence-electron chi connectivity index (χ1n) is 13.2. The fourth-order valence-electron chi connectivity index (χ4n) is 5.52. The van der Waals surface area contributed by atoms with Gasteiger partial charge in [0, 0.05) is 24.1 Å². The van der Waals surface area contributed by atoms with Gasteiger partial charge >= 0.3 is 0 Å². The van der Waals surface area contributed by atoms with Gasteiger partial charge in [-0.05, 0) is 44.4 Å². The van der Waals surface area contributed by atoms with Crippen LogP contribution in [0.1, 0.15) is 57.6 Å². The molecule has 3 aromatic rings. The van der Waals surface area contributed by atoms with Gasteiger partial charge < -0.3 is 24.6 Å². The fraction of sp³-hybridized carbons (Fsp3) is 0.615. The first-order chi connectivity index (χ1) is 18.4. The minimum atomic E-state index is -0.754. The highest BCUT2D eigenvalue weighted by Crippen LogP contribution is 2.46. The van der Waals surface area contributed by atoms with Crippen molar-refractivity contribution >= 4 is 28.7 Å². The van der Waals surface area contributed by atoms with E-state index in [4.69, 9.17) is 24.2 Å². The third kappa shape index (κ3) is 5.00. The lowest BCUT2D eigenvalue weighted by Crippen LogP contribution is -2.31. The molecule has 3 heterocycles.